The third-order valence-electron chi connectivity index (χ3n) is 4.59. The maximum Gasteiger partial charge on any atom is 0.224 e. The second-order valence-corrected chi connectivity index (χ2v) is 6.67. The van der Waals surface area contributed by atoms with E-state index in [2.05, 4.69) is 26.7 Å². The molecule has 1 fully saturated rings. The zero-order chi connectivity index (χ0) is 18.5. The summed E-state index contributed by atoms with van der Waals surface area (Å²) >= 11 is 0. The van der Waals surface area contributed by atoms with Crippen molar-refractivity contribution in [2.24, 2.45) is 0 Å². The molecule has 3 N–H and O–H groups in total. The molecule has 0 saturated heterocycles. The van der Waals surface area contributed by atoms with Crippen molar-refractivity contribution in [3.63, 3.8) is 0 Å². The molecule has 7 heteroatoms. The zero-order valence-corrected chi connectivity index (χ0v) is 14.7. The number of hydrogen-bond donors (Lipinski definition) is 3. The number of rotatable bonds is 5. The van der Waals surface area contributed by atoms with Crippen LogP contribution in [0, 0.1) is 24.1 Å². The molecule has 2 aromatic rings. The molecule has 0 atom stereocenters. The van der Waals surface area contributed by atoms with E-state index < -0.39 is 0 Å². The van der Waals surface area contributed by atoms with Gasteiger partial charge in [-0.25, -0.2) is 9.37 Å². The van der Waals surface area contributed by atoms with Crippen LogP contribution in [-0.4, -0.2) is 27.2 Å². The van der Waals surface area contributed by atoms with Gasteiger partial charge in [-0.05, 0) is 44.2 Å². The summed E-state index contributed by atoms with van der Waals surface area (Å²) in [5.74, 6) is 0.531. The van der Waals surface area contributed by atoms with E-state index in [1.165, 1.54) is 12.3 Å². The molecule has 1 aromatic heterocycles. The van der Waals surface area contributed by atoms with Crippen molar-refractivity contribution >= 4 is 11.8 Å². The largest absolute Gasteiger partial charge is 0.393 e. The summed E-state index contributed by atoms with van der Waals surface area (Å²) in [4.78, 5) is 8.51. The van der Waals surface area contributed by atoms with E-state index in [9.17, 15) is 14.8 Å². The fraction of sp³-hybridized carbons (Fsp3) is 0.421. The van der Waals surface area contributed by atoms with Gasteiger partial charge in [-0.2, -0.15) is 10.2 Å². The minimum Gasteiger partial charge on any atom is -0.393 e. The highest BCUT2D eigenvalue weighted by Crippen LogP contribution is 2.23. The topological polar surface area (TPSA) is 93.9 Å². The molecule has 0 bridgehead atoms. The molecule has 136 valence electrons. The summed E-state index contributed by atoms with van der Waals surface area (Å²) in [7, 11) is 0. The number of benzene rings is 1. The highest BCUT2D eigenvalue weighted by Gasteiger charge is 2.20. The first-order valence-corrected chi connectivity index (χ1v) is 8.76. The molecule has 1 aliphatic rings. The Labute approximate surface area is 152 Å². The van der Waals surface area contributed by atoms with Gasteiger partial charge in [0.2, 0.25) is 5.95 Å². The second-order valence-electron chi connectivity index (χ2n) is 6.67. The summed E-state index contributed by atoms with van der Waals surface area (Å²) in [6.07, 6.45) is 4.35. The van der Waals surface area contributed by atoms with Crippen LogP contribution in [0.15, 0.2) is 24.4 Å². The molecule has 3 rings (SSSR count). The van der Waals surface area contributed by atoms with Gasteiger partial charge in [0.05, 0.1) is 12.3 Å². The summed E-state index contributed by atoms with van der Waals surface area (Å²) in [5, 5.41) is 25.2. The Kier molecular flexibility index (Phi) is 5.64. The second kappa shape index (κ2) is 8.11. The van der Waals surface area contributed by atoms with E-state index in [1.807, 2.05) is 13.0 Å². The number of aryl methyl sites for hydroxylation is 1. The van der Waals surface area contributed by atoms with Gasteiger partial charge in [0.15, 0.2) is 0 Å². The SMILES string of the molecule is Cc1ccc(CNc2ncc(C#N)c(N[C@H]3CC[C@@H](O)CC3)n2)c(F)c1. The highest BCUT2D eigenvalue weighted by atomic mass is 19.1. The lowest BCUT2D eigenvalue weighted by Crippen LogP contribution is -2.29. The molecule has 0 amide bonds. The van der Waals surface area contributed by atoms with E-state index in [4.69, 9.17) is 0 Å². The van der Waals surface area contributed by atoms with Crippen LogP contribution in [-0.2, 0) is 6.54 Å². The number of halogens is 1. The van der Waals surface area contributed by atoms with Gasteiger partial charge in [0.1, 0.15) is 23.3 Å². The Bertz CT molecular complexity index is 812. The van der Waals surface area contributed by atoms with Crippen molar-refractivity contribution in [1.82, 2.24) is 9.97 Å². The minimum absolute atomic E-state index is 0.169. The minimum atomic E-state index is -0.273. The standard InChI is InChI=1S/C19H22FN5O/c1-12-2-3-13(17(20)8-12)10-22-19-23-11-14(9-21)18(25-19)24-15-4-6-16(26)7-5-15/h2-3,8,11,15-16,26H,4-7,10H2,1H3,(H2,22,23,24,25)/t15-,16+. The van der Waals surface area contributed by atoms with E-state index in [1.54, 1.807) is 6.07 Å². The Morgan fingerprint density at radius 2 is 2.08 bits per heavy atom. The molecule has 0 unspecified atom stereocenters. The van der Waals surface area contributed by atoms with Crippen LogP contribution in [0.1, 0.15) is 42.4 Å². The quantitative estimate of drug-likeness (QED) is 0.763. The van der Waals surface area contributed by atoms with Crippen LogP contribution in [0.3, 0.4) is 0 Å². The first kappa shape index (κ1) is 18.1. The van der Waals surface area contributed by atoms with Crippen LogP contribution in [0.25, 0.3) is 0 Å². The fourth-order valence-electron chi connectivity index (χ4n) is 3.04. The summed E-state index contributed by atoms with van der Waals surface area (Å²) < 4.78 is 13.9. The first-order valence-electron chi connectivity index (χ1n) is 8.76. The molecular formula is C19H22FN5O. The molecule has 0 spiro atoms. The number of anilines is 2. The van der Waals surface area contributed by atoms with Crippen LogP contribution in [0.4, 0.5) is 16.2 Å². The van der Waals surface area contributed by atoms with Gasteiger partial charge in [-0.1, -0.05) is 12.1 Å². The van der Waals surface area contributed by atoms with Crippen LogP contribution < -0.4 is 10.6 Å². The summed E-state index contributed by atoms with van der Waals surface area (Å²) in [6.45, 7) is 2.10. The number of nitrogens with zero attached hydrogens (tertiary/aromatic N) is 3. The van der Waals surface area contributed by atoms with E-state index >= 15 is 0 Å². The Morgan fingerprint density at radius 3 is 2.77 bits per heavy atom. The van der Waals surface area contributed by atoms with E-state index in [0.29, 0.717) is 22.9 Å². The van der Waals surface area contributed by atoms with Gasteiger partial charge < -0.3 is 15.7 Å². The van der Waals surface area contributed by atoms with Gasteiger partial charge in [-0.3, -0.25) is 0 Å². The molecule has 26 heavy (non-hydrogen) atoms. The number of aliphatic hydroxyl groups is 1. The summed E-state index contributed by atoms with van der Waals surface area (Å²) in [6, 6.07) is 7.32. The number of nitrogens with one attached hydrogen (secondary N) is 2. The molecule has 0 radical (unpaired) electrons. The maximum absolute atomic E-state index is 13.9. The van der Waals surface area contributed by atoms with Gasteiger partial charge in [0.25, 0.3) is 0 Å². The average Bonchev–Trinajstić information content (AvgIpc) is 2.63. The normalized spacial score (nSPS) is 19.6. The van der Waals surface area contributed by atoms with Crippen LogP contribution >= 0.6 is 0 Å². The van der Waals surface area contributed by atoms with Crippen molar-refractivity contribution in [3.05, 3.63) is 46.9 Å². The molecule has 1 saturated carbocycles. The predicted octanol–water partition coefficient (Wildman–Crippen LogP) is 3.12. The average molecular weight is 355 g/mol. The van der Waals surface area contributed by atoms with E-state index in [0.717, 1.165) is 31.2 Å². The monoisotopic (exact) mass is 355 g/mol. The van der Waals surface area contributed by atoms with Crippen molar-refractivity contribution < 1.29 is 9.50 Å². The number of aliphatic hydroxyl groups excluding tert-OH is 1. The lowest BCUT2D eigenvalue weighted by molar-refractivity contribution is 0.126. The molecule has 1 heterocycles. The van der Waals surface area contributed by atoms with Gasteiger partial charge in [-0.15, -0.1) is 0 Å². The smallest absolute Gasteiger partial charge is 0.224 e. The lowest BCUT2D eigenvalue weighted by atomic mass is 9.93. The molecule has 1 aliphatic carbocycles. The molecule has 6 nitrogen and oxygen atoms in total. The number of aromatic nitrogens is 2. The Morgan fingerprint density at radius 1 is 1.31 bits per heavy atom. The number of hydrogen-bond acceptors (Lipinski definition) is 6. The van der Waals surface area contributed by atoms with Gasteiger partial charge in [0, 0.05) is 18.2 Å². The lowest BCUT2D eigenvalue weighted by Gasteiger charge is -2.26. The Balaban J connectivity index is 1.69. The fourth-order valence-corrected chi connectivity index (χ4v) is 3.04. The zero-order valence-electron chi connectivity index (χ0n) is 14.7. The van der Waals surface area contributed by atoms with Crippen LogP contribution in [0.5, 0.6) is 0 Å². The number of nitriles is 1. The predicted molar refractivity (Wildman–Crippen MR) is 97.1 cm³/mol. The van der Waals surface area contributed by atoms with Crippen molar-refractivity contribution in [2.75, 3.05) is 10.6 Å². The van der Waals surface area contributed by atoms with E-state index in [-0.39, 0.29) is 24.5 Å². The van der Waals surface area contributed by atoms with Crippen molar-refractivity contribution in [1.29, 1.82) is 5.26 Å². The Hall–Kier alpha value is -2.72. The van der Waals surface area contributed by atoms with Crippen LogP contribution in [0.2, 0.25) is 0 Å². The highest BCUT2D eigenvalue weighted by molar-refractivity contribution is 5.54. The first-order chi connectivity index (χ1) is 12.5. The maximum atomic E-state index is 13.9. The van der Waals surface area contributed by atoms with Crippen molar-refractivity contribution in [2.45, 2.75) is 51.3 Å². The molecular weight excluding hydrogens is 333 g/mol. The third kappa shape index (κ3) is 4.46. The molecule has 1 aromatic carbocycles. The molecule has 0 aliphatic heterocycles. The van der Waals surface area contributed by atoms with Crippen molar-refractivity contribution in [3.8, 4) is 6.07 Å². The summed E-state index contributed by atoms with van der Waals surface area (Å²) in [5.41, 5.74) is 1.76. The van der Waals surface area contributed by atoms with Gasteiger partial charge >= 0.3 is 0 Å². The third-order valence-corrected chi connectivity index (χ3v) is 4.59.